The first-order valence-corrected chi connectivity index (χ1v) is 12.0. The van der Waals surface area contributed by atoms with E-state index in [0.29, 0.717) is 18.9 Å². The molecule has 0 bridgehead atoms. The molecule has 6 aromatic rings. The Bertz CT molecular complexity index is 1770. The molecular weight excluding hydrogens is 452 g/mol. The number of aromatic nitrogens is 6. The highest BCUT2D eigenvalue weighted by atomic mass is 16.1. The molecule has 0 unspecified atom stereocenters. The quantitative estimate of drug-likeness (QED) is 0.365. The maximum Gasteiger partial charge on any atom is 0.329 e. The molecule has 0 aliphatic heterocycles. The minimum atomic E-state index is -0.0670. The number of fused-ring (bicyclic) bond motifs is 3. The number of nitrogens with one attached hydrogen (secondary N) is 1. The number of H-pyrrole nitrogens is 1. The highest BCUT2D eigenvalue weighted by molar-refractivity contribution is 5.89. The van der Waals surface area contributed by atoms with Gasteiger partial charge in [0, 0.05) is 18.5 Å². The van der Waals surface area contributed by atoms with Gasteiger partial charge in [0.15, 0.2) is 5.82 Å². The highest BCUT2D eigenvalue weighted by Crippen LogP contribution is 2.22. The summed E-state index contributed by atoms with van der Waals surface area (Å²) in [7, 11) is 4.12. The van der Waals surface area contributed by atoms with Gasteiger partial charge in [0.1, 0.15) is 5.82 Å². The summed E-state index contributed by atoms with van der Waals surface area (Å²) in [6.45, 7) is 2.50. The number of para-hydroxylation sites is 4. The van der Waals surface area contributed by atoms with Crippen molar-refractivity contribution >= 4 is 38.8 Å². The van der Waals surface area contributed by atoms with Crippen LogP contribution in [0.2, 0.25) is 0 Å². The normalized spacial score (nSPS) is 12.0. The molecule has 36 heavy (non-hydrogen) atoms. The number of anilines is 1. The van der Waals surface area contributed by atoms with Crippen molar-refractivity contribution in [2.75, 3.05) is 26.4 Å². The second-order valence-corrected chi connectivity index (χ2v) is 9.40. The lowest BCUT2D eigenvalue weighted by atomic mass is 10.1. The molecule has 3 aromatic heterocycles. The third kappa shape index (κ3) is 3.74. The molecular formula is C27H28N8O. The summed E-state index contributed by atoms with van der Waals surface area (Å²) in [5.41, 5.74) is 11.6. The fraction of sp³-hybridized carbons (Fsp3) is 0.222. The SMILES string of the molecule is CN(C)CCn1c(Cn2c(=O)n(Cc3ccc4[nH]nc(N)c4c3)c3ccccc32)nc2ccccc21. The molecule has 3 N–H and O–H groups in total. The topological polar surface area (TPSA) is 103 Å². The molecule has 0 saturated carbocycles. The van der Waals surface area contributed by atoms with E-state index in [1.807, 2.05) is 69.8 Å². The van der Waals surface area contributed by atoms with Crippen molar-refractivity contribution in [1.82, 2.24) is 33.8 Å². The predicted molar refractivity (Wildman–Crippen MR) is 143 cm³/mol. The Kier molecular flexibility index (Phi) is 5.34. The van der Waals surface area contributed by atoms with E-state index in [-0.39, 0.29) is 5.69 Å². The zero-order valence-electron chi connectivity index (χ0n) is 20.3. The smallest absolute Gasteiger partial charge is 0.329 e. The van der Waals surface area contributed by atoms with Gasteiger partial charge in [0.25, 0.3) is 0 Å². The molecule has 0 fully saturated rings. The van der Waals surface area contributed by atoms with Crippen molar-refractivity contribution in [2.24, 2.45) is 0 Å². The summed E-state index contributed by atoms with van der Waals surface area (Å²) in [6, 6.07) is 22.0. The van der Waals surface area contributed by atoms with Gasteiger partial charge in [-0.25, -0.2) is 9.78 Å². The van der Waals surface area contributed by atoms with E-state index in [1.54, 1.807) is 0 Å². The molecule has 0 aliphatic carbocycles. The van der Waals surface area contributed by atoms with E-state index in [1.165, 1.54) is 0 Å². The molecule has 0 spiro atoms. The van der Waals surface area contributed by atoms with Crippen LogP contribution in [0.15, 0.2) is 71.5 Å². The maximum absolute atomic E-state index is 13.8. The summed E-state index contributed by atoms with van der Waals surface area (Å²) in [5.74, 6) is 1.33. The van der Waals surface area contributed by atoms with Gasteiger partial charge < -0.3 is 15.2 Å². The molecule has 9 nitrogen and oxygen atoms in total. The lowest BCUT2D eigenvalue weighted by Gasteiger charge is -2.13. The van der Waals surface area contributed by atoms with Crippen molar-refractivity contribution in [2.45, 2.75) is 19.6 Å². The van der Waals surface area contributed by atoms with Crippen LogP contribution in [-0.4, -0.2) is 54.4 Å². The van der Waals surface area contributed by atoms with E-state index < -0.39 is 0 Å². The van der Waals surface area contributed by atoms with E-state index >= 15 is 0 Å². The van der Waals surface area contributed by atoms with Gasteiger partial charge in [-0.2, -0.15) is 5.10 Å². The number of likely N-dealkylation sites (N-methyl/N-ethyl adjacent to an activating group) is 1. The predicted octanol–water partition coefficient (Wildman–Crippen LogP) is 3.27. The van der Waals surface area contributed by atoms with E-state index in [2.05, 4.69) is 39.8 Å². The Labute approximate surface area is 207 Å². The van der Waals surface area contributed by atoms with Crippen LogP contribution in [0, 0.1) is 0 Å². The van der Waals surface area contributed by atoms with Crippen molar-refractivity contribution in [1.29, 1.82) is 0 Å². The van der Waals surface area contributed by atoms with E-state index in [4.69, 9.17) is 10.7 Å². The Morgan fingerprint density at radius 1 is 0.889 bits per heavy atom. The standard InChI is InChI=1S/C27H28N8O/c1-32(2)13-14-33-22-8-4-3-7-21(22)29-25(33)17-35-24-10-6-5-9-23(24)34(27(35)36)16-18-11-12-20-19(15-18)26(28)31-30-20/h3-12,15H,13-14,16-17H2,1-2H3,(H3,28,30,31). The summed E-state index contributed by atoms with van der Waals surface area (Å²) >= 11 is 0. The minimum Gasteiger partial charge on any atom is -0.382 e. The van der Waals surface area contributed by atoms with Gasteiger partial charge in [-0.05, 0) is 56.1 Å². The van der Waals surface area contributed by atoms with Crippen LogP contribution in [0.25, 0.3) is 33.0 Å². The number of imidazole rings is 2. The van der Waals surface area contributed by atoms with Gasteiger partial charge >= 0.3 is 5.69 Å². The third-order valence-corrected chi connectivity index (χ3v) is 6.73. The first-order valence-electron chi connectivity index (χ1n) is 12.0. The summed E-state index contributed by atoms with van der Waals surface area (Å²) in [6.07, 6.45) is 0. The number of hydrogen-bond donors (Lipinski definition) is 2. The van der Waals surface area contributed by atoms with Crippen molar-refractivity contribution in [3.63, 3.8) is 0 Å². The number of nitrogen functional groups attached to an aromatic ring is 1. The number of benzene rings is 3. The Hall–Kier alpha value is -4.37. The largest absolute Gasteiger partial charge is 0.382 e. The molecule has 0 atom stereocenters. The molecule has 9 heteroatoms. The fourth-order valence-electron chi connectivity index (χ4n) is 4.88. The van der Waals surface area contributed by atoms with Gasteiger partial charge in [-0.15, -0.1) is 0 Å². The second kappa shape index (κ2) is 8.69. The van der Waals surface area contributed by atoms with Crippen LogP contribution in [-0.2, 0) is 19.6 Å². The maximum atomic E-state index is 13.8. The molecule has 6 rings (SSSR count). The third-order valence-electron chi connectivity index (χ3n) is 6.73. The lowest BCUT2D eigenvalue weighted by molar-refractivity contribution is 0.382. The van der Waals surface area contributed by atoms with Crippen LogP contribution < -0.4 is 11.4 Å². The van der Waals surface area contributed by atoms with Crippen molar-refractivity contribution in [3.05, 3.63) is 88.6 Å². The van der Waals surface area contributed by atoms with Crippen LogP contribution >= 0.6 is 0 Å². The van der Waals surface area contributed by atoms with Crippen molar-refractivity contribution < 1.29 is 0 Å². The van der Waals surface area contributed by atoms with Crippen molar-refractivity contribution in [3.8, 4) is 0 Å². The Morgan fingerprint density at radius 3 is 2.33 bits per heavy atom. The van der Waals surface area contributed by atoms with Gasteiger partial charge in [-0.1, -0.05) is 30.3 Å². The number of nitrogens with two attached hydrogens (primary N) is 1. The van der Waals surface area contributed by atoms with E-state index in [0.717, 1.165) is 57.4 Å². The zero-order chi connectivity index (χ0) is 24.8. The van der Waals surface area contributed by atoms with Gasteiger partial charge in [0.05, 0.1) is 40.7 Å². The molecule has 3 aromatic carbocycles. The Morgan fingerprint density at radius 2 is 1.58 bits per heavy atom. The summed E-state index contributed by atoms with van der Waals surface area (Å²) < 4.78 is 5.87. The highest BCUT2D eigenvalue weighted by Gasteiger charge is 2.18. The second-order valence-electron chi connectivity index (χ2n) is 9.40. The molecule has 0 radical (unpaired) electrons. The summed E-state index contributed by atoms with van der Waals surface area (Å²) in [5, 5.41) is 7.87. The number of rotatable bonds is 7. The van der Waals surface area contributed by atoms with Crippen LogP contribution in [0.4, 0.5) is 5.82 Å². The first kappa shape index (κ1) is 22.1. The summed E-state index contributed by atoms with van der Waals surface area (Å²) in [4.78, 5) is 20.9. The monoisotopic (exact) mass is 480 g/mol. The van der Waals surface area contributed by atoms with Crippen LogP contribution in [0.5, 0.6) is 0 Å². The lowest BCUT2D eigenvalue weighted by Crippen LogP contribution is -2.27. The molecule has 0 aliphatic rings. The Balaban J connectivity index is 1.44. The van der Waals surface area contributed by atoms with Crippen LogP contribution in [0.3, 0.4) is 0 Å². The first-order chi connectivity index (χ1) is 17.5. The number of hydrogen-bond acceptors (Lipinski definition) is 5. The number of aromatic amines is 1. The van der Waals surface area contributed by atoms with Gasteiger partial charge in [-0.3, -0.25) is 14.2 Å². The van der Waals surface area contributed by atoms with Gasteiger partial charge in [0.2, 0.25) is 0 Å². The molecule has 182 valence electrons. The molecule has 0 amide bonds. The number of nitrogens with zero attached hydrogens (tertiary/aromatic N) is 6. The van der Waals surface area contributed by atoms with E-state index in [9.17, 15) is 4.79 Å². The molecule has 3 heterocycles. The molecule has 0 saturated heterocycles. The average Bonchev–Trinajstić information content (AvgIpc) is 3.51. The minimum absolute atomic E-state index is 0.0670. The van der Waals surface area contributed by atoms with Crippen LogP contribution in [0.1, 0.15) is 11.4 Å². The fourth-order valence-corrected chi connectivity index (χ4v) is 4.88. The average molecular weight is 481 g/mol. The zero-order valence-corrected chi connectivity index (χ0v) is 20.3.